The first-order valence-corrected chi connectivity index (χ1v) is 9.67. The second-order valence-corrected chi connectivity index (χ2v) is 6.93. The van der Waals surface area contributed by atoms with Gasteiger partial charge < -0.3 is 14.4 Å². The van der Waals surface area contributed by atoms with Gasteiger partial charge in [0.25, 0.3) is 5.56 Å². The smallest absolute Gasteiger partial charge is 0.337 e. The summed E-state index contributed by atoms with van der Waals surface area (Å²) in [6.45, 7) is 3.04. The molecule has 0 spiro atoms. The molecular formula is C22H23N3O4. The van der Waals surface area contributed by atoms with Gasteiger partial charge in [-0.25, -0.2) is 9.78 Å². The van der Waals surface area contributed by atoms with E-state index < -0.39 is 5.97 Å². The molecule has 7 heteroatoms. The van der Waals surface area contributed by atoms with Gasteiger partial charge in [-0.05, 0) is 30.2 Å². The fourth-order valence-electron chi connectivity index (χ4n) is 3.55. The Labute approximate surface area is 168 Å². The molecule has 7 nitrogen and oxygen atoms in total. The molecule has 4 rings (SSSR count). The number of benzene rings is 2. The normalized spacial score (nSPS) is 14.2. The van der Waals surface area contributed by atoms with Gasteiger partial charge in [-0.2, -0.15) is 0 Å². The zero-order chi connectivity index (χ0) is 20.2. The van der Waals surface area contributed by atoms with Crippen molar-refractivity contribution in [3.05, 3.63) is 70.0 Å². The Bertz CT molecular complexity index is 1070. The quantitative estimate of drug-likeness (QED) is 0.619. The van der Waals surface area contributed by atoms with Crippen molar-refractivity contribution in [3.63, 3.8) is 0 Å². The van der Waals surface area contributed by atoms with Gasteiger partial charge in [0.1, 0.15) is 0 Å². The molecule has 1 aliphatic heterocycles. The Hall–Kier alpha value is -3.19. The van der Waals surface area contributed by atoms with E-state index in [1.807, 2.05) is 18.2 Å². The summed E-state index contributed by atoms with van der Waals surface area (Å²) in [5, 5.41) is 0.489. The van der Waals surface area contributed by atoms with Crippen molar-refractivity contribution in [2.45, 2.75) is 13.0 Å². The fourth-order valence-corrected chi connectivity index (χ4v) is 3.55. The van der Waals surface area contributed by atoms with Crippen molar-refractivity contribution in [2.75, 3.05) is 38.3 Å². The molecule has 0 amide bonds. The van der Waals surface area contributed by atoms with Crippen molar-refractivity contribution in [3.8, 4) is 0 Å². The third-order valence-corrected chi connectivity index (χ3v) is 5.12. The van der Waals surface area contributed by atoms with Gasteiger partial charge in [-0.3, -0.25) is 9.36 Å². The van der Waals surface area contributed by atoms with E-state index in [0.717, 1.165) is 12.0 Å². The molecule has 0 unspecified atom stereocenters. The topological polar surface area (TPSA) is 73.7 Å². The molecule has 1 fully saturated rings. The van der Waals surface area contributed by atoms with E-state index in [1.54, 1.807) is 22.8 Å². The number of rotatable bonds is 5. The van der Waals surface area contributed by atoms with E-state index in [9.17, 15) is 9.59 Å². The van der Waals surface area contributed by atoms with Crippen LogP contribution in [-0.4, -0.2) is 48.9 Å². The maximum absolute atomic E-state index is 13.3. The number of carbonyl (C=O) groups excluding carboxylic acids is 1. The number of carbonyl (C=O) groups is 1. The van der Waals surface area contributed by atoms with Crippen molar-refractivity contribution >= 4 is 22.8 Å². The SMILES string of the molecule is COC(=O)c1ccc2c(=O)n(CCc3ccccc3)c(N3CCOCC3)nc2c1. The zero-order valence-corrected chi connectivity index (χ0v) is 16.3. The molecule has 0 bridgehead atoms. The molecule has 0 aliphatic carbocycles. The lowest BCUT2D eigenvalue weighted by molar-refractivity contribution is 0.0601. The van der Waals surface area contributed by atoms with Crippen LogP contribution in [0, 0.1) is 0 Å². The minimum Gasteiger partial charge on any atom is -0.465 e. The molecular weight excluding hydrogens is 370 g/mol. The summed E-state index contributed by atoms with van der Waals surface area (Å²) in [5.41, 5.74) is 1.93. The lowest BCUT2D eigenvalue weighted by Gasteiger charge is -2.30. The Morgan fingerprint density at radius 3 is 2.62 bits per heavy atom. The van der Waals surface area contributed by atoms with Gasteiger partial charge in [0.05, 0.1) is 36.8 Å². The molecule has 0 radical (unpaired) electrons. The van der Waals surface area contributed by atoms with Gasteiger partial charge in [0.15, 0.2) is 0 Å². The average molecular weight is 393 g/mol. The second-order valence-electron chi connectivity index (χ2n) is 6.93. The number of anilines is 1. The van der Waals surface area contributed by atoms with E-state index in [0.29, 0.717) is 55.3 Å². The molecule has 1 aromatic heterocycles. The molecule has 0 atom stereocenters. The number of nitrogens with zero attached hydrogens (tertiary/aromatic N) is 3. The lowest BCUT2D eigenvalue weighted by Crippen LogP contribution is -2.41. The van der Waals surface area contributed by atoms with Crippen molar-refractivity contribution in [2.24, 2.45) is 0 Å². The standard InChI is InChI=1S/C22H23N3O4/c1-28-21(27)17-7-8-18-19(15-17)23-22(24-11-13-29-14-12-24)25(20(18)26)10-9-16-5-3-2-4-6-16/h2-8,15H,9-14H2,1H3. The summed E-state index contributed by atoms with van der Waals surface area (Å²) >= 11 is 0. The molecule has 0 saturated carbocycles. The average Bonchev–Trinajstić information content (AvgIpc) is 2.78. The Balaban J connectivity index is 1.79. The van der Waals surface area contributed by atoms with Crippen LogP contribution in [-0.2, 0) is 22.4 Å². The first-order valence-electron chi connectivity index (χ1n) is 9.67. The summed E-state index contributed by atoms with van der Waals surface area (Å²) in [5.74, 6) is 0.165. The number of hydrogen-bond acceptors (Lipinski definition) is 6. The number of methoxy groups -OCH3 is 1. The number of esters is 1. The van der Waals surface area contributed by atoms with Gasteiger partial charge in [-0.15, -0.1) is 0 Å². The Kier molecular flexibility index (Phi) is 5.57. The summed E-state index contributed by atoms with van der Waals surface area (Å²) in [6, 6.07) is 14.9. The minimum atomic E-state index is -0.449. The largest absolute Gasteiger partial charge is 0.465 e. The third-order valence-electron chi connectivity index (χ3n) is 5.12. The Morgan fingerprint density at radius 2 is 1.90 bits per heavy atom. The first-order chi connectivity index (χ1) is 14.2. The summed E-state index contributed by atoms with van der Waals surface area (Å²) in [7, 11) is 1.33. The van der Waals surface area contributed by atoms with Crippen molar-refractivity contribution < 1.29 is 14.3 Å². The van der Waals surface area contributed by atoms with Crippen LogP contribution in [0.15, 0.2) is 53.3 Å². The van der Waals surface area contributed by atoms with E-state index >= 15 is 0 Å². The van der Waals surface area contributed by atoms with Crippen LogP contribution >= 0.6 is 0 Å². The highest BCUT2D eigenvalue weighted by molar-refractivity contribution is 5.94. The maximum atomic E-state index is 13.3. The highest BCUT2D eigenvalue weighted by atomic mass is 16.5. The molecule has 3 aromatic rings. The maximum Gasteiger partial charge on any atom is 0.337 e. The first kappa shape index (κ1) is 19.1. The lowest BCUT2D eigenvalue weighted by atomic mass is 10.1. The Morgan fingerprint density at radius 1 is 1.14 bits per heavy atom. The number of aryl methyl sites for hydroxylation is 1. The third kappa shape index (κ3) is 4.00. The highest BCUT2D eigenvalue weighted by Gasteiger charge is 2.20. The molecule has 1 saturated heterocycles. The van der Waals surface area contributed by atoms with E-state index in [2.05, 4.69) is 17.0 Å². The molecule has 150 valence electrons. The monoisotopic (exact) mass is 393 g/mol. The number of aromatic nitrogens is 2. The second kappa shape index (κ2) is 8.45. The molecule has 29 heavy (non-hydrogen) atoms. The van der Waals surface area contributed by atoms with Crippen LogP contribution in [0.3, 0.4) is 0 Å². The van der Waals surface area contributed by atoms with Crippen LogP contribution in [0.2, 0.25) is 0 Å². The number of ether oxygens (including phenoxy) is 2. The van der Waals surface area contributed by atoms with Crippen LogP contribution in [0.5, 0.6) is 0 Å². The van der Waals surface area contributed by atoms with Crippen LogP contribution in [0.4, 0.5) is 5.95 Å². The van der Waals surface area contributed by atoms with Crippen molar-refractivity contribution in [1.29, 1.82) is 0 Å². The van der Waals surface area contributed by atoms with Crippen LogP contribution < -0.4 is 10.5 Å². The van der Waals surface area contributed by atoms with Crippen molar-refractivity contribution in [1.82, 2.24) is 9.55 Å². The van der Waals surface area contributed by atoms with E-state index in [1.165, 1.54) is 7.11 Å². The van der Waals surface area contributed by atoms with E-state index in [-0.39, 0.29) is 5.56 Å². The fraction of sp³-hybridized carbons (Fsp3) is 0.318. The van der Waals surface area contributed by atoms with Gasteiger partial charge in [-0.1, -0.05) is 30.3 Å². The molecule has 1 aliphatic rings. The zero-order valence-electron chi connectivity index (χ0n) is 16.3. The van der Waals surface area contributed by atoms with Gasteiger partial charge >= 0.3 is 5.97 Å². The molecule has 2 aromatic carbocycles. The summed E-state index contributed by atoms with van der Waals surface area (Å²) in [4.78, 5) is 32.1. The van der Waals surface area contributed by atoms with Gasteiger partial charge in [0.2, 0.25) is 5.95 Å². The van der Waals surface area contributed by atoms with Crippen LogP contribution in [0.25, 0.3) is 10.9 Å². The minimum absolute atomic E-state index is 0.108. The predicted octanol–water partition coefficient (Wildman–Crippen LogP) is 2.26. The van der Waals surface area contributed by atoms with E-state index in [4.69, 9.17) is 14.5 Å². The molecule has 0 N–H and O–H groups in total. The van der Waals surface area contributed by atoms with Gasteiger partial charge in [0, 0.05) is 19.6 Å². The summed E-state index contributed by atoms with van der Waals surface area (Å²) < 4.78 is 12.0. The van der Waals surface area contributed by atoms with Crippen LogP contribution in [0.1, 0.15) is 15.9 Å². The molecule has 2 heterocycles. The predicted molar refractivity (Wildman–Crippen MR) is 111 cm³/mol. The number of hydrogen-bond donors (Lipinski definition) is 0. The number of fused-ring (bicyclic) bond motifs is 1. The highest BCUT2D eigenvalue weighted by Crippen LogP contribution is 2.19. The number of morpholine rings is 1. The summed E-state index contributed by atoms with van der Waals surface area (Å²) in [6.07, 6.45) is 0.728.